The van der Waals surface area contributed by atoms with Crippen LogP contribution < -0.4 is 11.1 Å². The molecule has 102 valence electrons. The highest BCUT2D eigenvalue weighted by Gasteiger charge is 2.11. The molecule has 4 N–H and O–H groups in total. The molecule has 1 aromatic carbocycles. The van der Waals surface area contributed by atoms with Gasteiger partial charge in [-0.1, -0.05) is 6.07 Å². The van der Waals surface area contributed by atoms with Gasteiger partial charge in [0.15, 0.2) is 5.65 Å². The van der Waals surface area contributed by atoms with E-state index in [2.05, 4.69) is 25.5 Å². The molecule has 0 aliphatic rings. The third-order valence-corrected chi connectivity index (χ3v) is 2.82. The van der Waals surface area contributed by atoms with E-state index in [1.807, 2.05) is 0 Å². The molecule has 0 unspecified atom stereocenters. The lowest BCUT2D eigenvalue weighted by atomic mass is 10.2. The van der Waals surface area contributed by atoms with E-state index in [4.69, 9.17) is 5.73 Å². The van der Waals surface area contributed by atoms with Gasteiger partial charge in [-0.3, -0.25) is 5.10 Å². The fourth-order valence-corrected chi connectivity index (χ4v) is 1.86. The summed E-state index contributed by atoms with van der Waals surface area (Å²) < 4.78 is 27.1. The molecule has 6 nitrogen and oxygen atoms in total. The minimum Gasteiger partial charge on any atom is -0.368 e. The molecule has 0 fully saturated rings. The van der Waals surface area contributed by atoms with Gasteiger partial charge in [0.25, 0.3) is 0 Å². The molecule has 0 bridgehead atoms. The van der Waals surface area contributed by atoms with E-state index in [-0.39, 0.29) is 18.1 Å². The predicted octanol–water partition coefficient (Wildman–Crippen LogP) is 1.83. The molecule has 20 heavy (non-hydrogen) atoms. The summed E-state index contributed by atoms with van der Waals surface area (Å²) in [4.78, 5) is 7.95. The Hall–Kier alpha value is -2.77. The van der Waals surface area contributed by atoms with Crippen molar-refractivity contribution in [2.45, 2.75) is 6.54 Å². The topological polar surface area (TPSA) is 92.5 Å². The lowest BCUT2D eigenvalue weighted by molar-refractivity contribution is 0.560. The molecule has 3 rings (SSSR count). The van der Waals surface area contributed by atoms with E-state index in [9.17, 15) is 8.78 Å². The van der Waals surface area contributed by atoms with Gasteiger partial charge in [-0.15, -0.1) is 0 Å². The summed E-state index contributed by atoms with van der Waals surface area (Å²) in [6.45, 7) is -0.0603. The highest BCUT2D eigenvalue weighted by molar-refractivity contribution is 5.86. The van der Waals surface area contributed by atoms with Crippen LogP contribution in [0.25, 0.3) is 11.0 Å². The number of halogens is 2. The summed E-state index contributed by atoms with van der Waals surface area (Å²) in [5, 5.41) is 9.91. The first-order valence-corrected chi connectivity index (χ1v) is 5.78. The van der Waals surface area contributed by atoms with Gasteiger partial charge in [-0.2, -0.15) is 15.1 Å². The Morgan fingerprint density at radius 2 is 1.95 bits per heavy atom. The Morgan fingerprint density at radius 3 is 2.70 bits per heavy atom. The number of aromatic nitrogens is 4. The molecule has 3 aromatic rings. The number of hydrogen-bond acceptors (Lipinski definition) is 5. The molecular weight excluding hydrogens is 266 g/mol. The number of nitrogens with two attached hydrogens (primary N) is 1. The van der Waals surface area contributed by atoms with E-state index in [1.54, 1.807) is 0 Å². The summed E-state index contributed by atoms with van der Waals surface area (Å²) in [6, 6.07) is 3.70. The van der Waals surface area contributed by atoms with Gasteiger partial charge in [-0.05, 0) is 12.1 Å². The van der Waals surface area contributed by atoms with Crippen molar-refractivity contribution in [2.24, 2.45) is 0 Å². The zero-order valence-corrected chi connectivity index (χ0v) is 10.2. The molecule has 2 aromatic heterocycles. The quantitative estimate of drug-likeness (QED) is 0.678. The van der Waals surface area contributed by atoms with Crippen molar-refractivity contribution in [3.63, 3.8) is 0 Å². The highest BCUT2D eigenvalue weighted by atomic mass is 19.1. The maximum absolute atomic E-state index is 13.5. The SMILES string of the molecule is Nc1nc(NCc2c(F)cccc2F)c2cn[nH]c2n1. The maximum Gasteiger partial charge on any atom is 0.224 e. The zero-order chi connectivity index (χ0) is 14.1. The predicted molar refractivity (Wildman–Crippen MR) is 69.8 cm³/mol. The van der Waals surface area contributed by atoms with Crippen LogP contribution in [0, 0.1) is 11.6 Å². The number of anilines is 2. The van der Waals surface area contributed by atoms with Crippen LogP contribution in [0.3, 0.4) is 0 Å². The van der Waals surface area contributed by atoms with Crippen molar-refractivity contribution >= 4 is 22.8 Å². The third-order valence-electron chi connectivity index (χ3n) is 2.82. The molecule has 0 saturated carbocycles. The first-order valence-electron chi connectivity index (χ1n) is 5.78. The molecule has 8 heteroatoms. The van der Waals surface area contributed by atoms with Gasteiger partial charge < -0.3 is 11.1 Å². The second kappa shape index (κ2) is 4.72. The van der Waals surface area contributed by atoms with Crippen molar-refractivity contribution in [1.29, 1.82) is 0 Å². The van der Waals surface area contributed by atoms with Crippen molar-refractivity contribution in [3.8, 4) is 0 Å². The van der Waals surface area contributed by atoms with Crippen LogP contribution in [-0.4, -0.2) is 20.2 Å². The van der Waals surface area contributed by atoms with Crippen molar-refractivity contribution < 1.29 is 8.78 Å². The average Bonchev–Trinajstić information content (AvgIpc) is 2.86. The van der Waals surface area contributed by atoms with Crippen LogP contribution >= 0.6 is 0 Å². The molecule has 2 heterocycles. The van der Waals surface area contributed by atoms with Crippen LogP contribution in [0.4, 0.5) is 20.5 Å². The smallest absolute Gasteiger partial charge is 0.224 e. The molecular formula is C12H10F2N6. The van der Waals surface area contributed by atoms with Crippen molar-refractivity contribution in [1.82, 2.24) is 20.2 Å². The number of aromatic amines is 1. The summed E-state index contributed by atoms with van der Waals surface area (Å²) in [5.41, 5.74) is 5.94. The normalized spacial score (nSPS) is 10.9. The monoisotopic (exact) mass is 276 g/mol. The number of nitrogens with one attached hydrogen (secondary N) is 2. The van der Waals surface area contributed by atoms with Crippen molar-refractivity contribution in [3.05, 3.63) is 41.6 Å². The summed E-state index contributed by atoms with van der Waals surface area (Å²) >= 11 is 0. The lowest BCUT2D eigenvalue weighted by Gasteiger charge is -2.08. The average molecular weight is 276 g/mol. The molecule has 0 saturated heterocycles. The minimum atomic E-state index is -0.622. The first kappa shape index (κ1) is 12.3. The number of hydrogen-bond donors (Lipinski definition) is 3. The number of rotatable bonds is 3. The highest BCUT2D eigenvalue weighted by Crippen LogP contribution is 2.20. The Labute approximate surface area is 112 Å². The summed E-state index contributed by atoms with van der Waals surface area (Å²) in [5.74, 6) is -0.840. The van der Waals surface area contributed by atoms with Crippen LogP contribution in [0.5, 0.6) is 0 Å². The van der Waals surface area contributed by atoms with Gasteiger partial charge >= 0.3 is 0 Å². The fourth-order valence-electron chi connectivity index (χ4n) is 1.86. The Kier molecular flexibility index (Phi) is 2.90. The number of benzene rings is 1. The number of H-pyrrole nitrogens is 1. The Morgan fingerprint density at radius 1 is 1.20 bits per heavy atom. The number of nitrogen functional groups attached to an aromatic ring is 1. The van der Waals surface area contributed by atoms with Crippen LogP contribution in [-0.2, 0) is 6.54 Å². The second-order valence-electron chi connectivity index (χ2n) is 4.12. The number of fused-ring (bicyclic) bond motifs is 1. The summed E-state index contributed by atoms with van der Waals surface area (Å²) in [6.07, 6.45) is 1.51. The second-order valence-corrected chi connectivity index (χ2v) is 4.12. The van der Waals surface area contributed by atoms with E-state index in [0.29, 0.717) is 16.9 Å². The van der Waals surface area contributed by atoms with Gasteiger partial charge in [-0.25, -0.2) is 8.78 Å². The molecule has 0 aliphatic carbocycles. The molecule has 0 aliphatic heterocycles. The van der Waals surface area contributed by atoms with E-state index in [1.165, 1.54) is 24.4 Å². The standard InChI is InChI=1S/C12H10F2N6/c13-8-2-1-3-9(14)6(8)4-16-10-7-5-17-20-11(7)19-12(15)18-10/h1-3,5H,4H2,(H4,15,16,17,18,19,20). The largest absolute Gasteiger partial charge is 0.368 e. The summed E-state index contributed by atoms with van der Waals surface area (Å²) in [7, 11) is 0. The van der Waals surface area contributed by atoms with Gasteiger partial charge in [0.2, 0.25) is 5.95 Å². The Balaban J connectivity index is 1.92. The maximum atomic E-state index is 13.5. The van der Waals surface area contributed by atoms with E-state index >= 15 is 0 Å². The van der Waals surface area contributed by atoms with Gasteiger partial charge in [0.05, 0.1) is 11.6 Å². The van der Waals surface area contributed by atoms with E-state index in [0.717, 1.165) is 0 Å². The fraction of sp³-hybridized carbons (Fsp3) is 0.0833. The van der Waals surface area contributed by atoms with Crippen LogP contribution in [0.15, 0.2) is 24.4 Å². The lowest BCUT2D eigenvalue weighted by Crippen LogP contribution is -2.07. The Bertz CT molecular complexity index is 749. The van der Waals surface area contributed by atoms with E-state index < -0.39 is 11.6 Å². The molecule has 0 spiro atoms. The molecule has 0 amide bonds. The van der Waals surface area contributed by atoms with Gasteiger partial charge in [0.1, 0.15) is 17.5 Å². The molecule has 0 radical (unpaired) electrons. The van der Waals surface area contributed by atoms with Crippen molar-refractivity contribution in [2.75, 3.05) is 11.1 Å². The van der Waals surface area contributed by atoms with Crippen LogP contribution in [0.1, 0.15) is 5.56 Å². The van der Waals surface area contributed by atoms with Gasteiger partial charge in [0, 0.05) is 12.1 Å². The van der Waals surface area contributed by atoms with Crippen LogP contribution in [0.2, 0.25) is 0 Å². The minimum absolute atomic E-state index is 0.0401. The zero-order valence-electron chi connectivity index (χ0n) is 10.2. The third kappa shape index (κ3) is 2.11. The number of nitrogens with zero attached hydrogens (tertiary/aromatic N) is 3. The molecule has 0 atom stereocenters. The first-order chi connectivity index (χ1) is 9.65.